The highest BCUT2D eigenvalue weighted by molar-refractivity contribution is 7.89. The summed E-state index contributed by atoms with van der Waals surface area (Å²) in [6.07, 6.45) is 0. The van der Waals surface area contributed by atoms with E-state index < -0.39 is 10.0 Å². The molecule has 0 spiro atoms. The minimum Gasteiger partial charge on any atom is -0.491 e. The van der Waals surface area contributed by atoms with E-state index in [4.69, 9.17) is 9.47 Å². The molecule has 0 aliphatic heterocycles. The summed E-state index contributed by atoms with van der Waals surface area (Å²) in [5.74, 6) is 0.388. The van der Waals surface area contributed by atoms with Crippen LogP contribution in [0.3, 0.4) is 0 Å². The summed E-state index contributed by atoms with van der Waals surface area (Å²) in [6, 6.07) is 13.3. The lowest BCUT2D eigenvalue weighted by Gasteiger charge is -2.21. The lowest BCUT2D eigenvalue weighted by atomic mass is 10.2. The van der Waals surface area contributed by atoms with Gasteiger partial charge < -0.3 is 14.8 Å². The van der Waals surface area contributed by atoms with E-state index in [1.807, 2.05) is 24.3 Å². The summed E-state index contributed by atoms with van der Waals surface area (Å²) in [7, 11) is -0.508. The second-order valence-electron chi connectivity index (χ2n) is 6.81. The zero-order chi connectivity index (χ0) is 21.4. The smallest absolute Gasteiger partial charge is 0.251 e. The van der Waals surface area contributed by atoms with Crippen molar-refractivity contribution < 1.29 is 22.7 Å². The molecule has 0 atom stereocenters. The van der Waals surface area contributed by atoms with Crippen molar-refractivity contribution in [1.82, 2.24) is 9.62 Å². The Kier molecular flexibility index (Phi) is 8.19. The topological polar surface area (TPSA) is 84.9 Å². The van der Waals surface area contributed by atoms with Crippen LogP contribution < -0.4 is 10.1 Å². The summed E-state index contributed by atoms with van der Waals surface area (Å²) < 4.78 is 37.0. The maximum absolute atomic E-state index is 12.6. The monoisotopic (exact) mass is 420 g/mol. The van der Waals surface area contributed by atoms with Crippen molar-refractivity contribution in [3.63, 3.8) is 0 Å². The number of sulfonamides is 1. The second-order valence-corrected chi connectivity index (χ2v) is 8.81. The molecule has 0 aromatic heterocycles. The normalized spacial score (nSPS) is 11.7. The third-order valence-electron chi connectivity index (χ3n) is 4.43. The Morgan fingerprint density at radius 3 is 2.41 bits per heavy atom. The zero-order valence-corrected chi connectivity index (χ0v) is 18.0. The molecule has 0 radical (unpaired) electrons. The number of nitrogens with one attached hydrogen (secondary N) is 1. The average Bonchev–Trinajstić information content (AvgIpc) is 2.72. The number of benzene rings is 2. The first-order chi connectivity index (χ1) is 13.8. The molecule has 0 fully saturated rings. The third-order valence-corrected chi connectivity index (χ3v) is 6.46. The van der Waals surface area contributed by atoms with Crippen LogP contribution in [0.25, 0.3) is 0 Å². The van der Waals surface area contributed by atoms with E-state index in [2.05, 4.69) is 5.32 Å². The summed E-state index contributed by atoms with van der Waals surface area (Å²) in [4.78, 5) is 12.6. The van der Waals surface area contributed by atoms with Crippen molar-refractivity contribution in [2.45, 2.75) is 31.3 Å². The van der Waals surface area contributed by atoms with Gasteiger partial charge in [-0.25, -0.2) is 8.42 Å². The van der Waals surface area contributed by atoms with E-state index in [-0.39, 0.29) is 16.8 Å². The first-order valence-electron chi connectivity index (χ1n) is 9.32. The second kappa shape index (κ2) is 10.4. The number of carbonyl (C=O) groups excluding carboxylic acids is 1. The average molecular weight is 421 g/mol. The standard InChI is InChI=1S/C21H28N2O5S/c1-16(2)23(3)29(25,26)20-7-5-6-18(14-20)21(24)22-15-17-8-10-19(11-9-17)28-13-12-27-4/h5-11,14,16H,12-13,15H2,1-4H3,(H,22,24). The van der Waals surface area contributed by atoms with Crippen molar-refractivity contribution in [2.75, 3.05) is 27.4 Å². The number of hydrogen-bond acceptors (Lipinski definition) is 5. The van der Waals surface area contributed by atoms with E-state index in [0.29, 0.717) is 25.3 Å². The molecule has 8 heteroatoms. The summed E-state index contributed by atoms with van der Waals surface area (Å²) >= 11 is 0. The van der Waals surface area contributed by atoms with Crippen LogP contribution in [0.1, 0.15) is 29.8 Å². The van der Waals surface area contributed by atoms with Gasteiger partial charge in [-0.05, 0) is 49.7 Å². The summed E-state index contributed by atoms with van der Waals surface area (Å²) in [5, 5.41) is 2.81. The molecule has 0 saturated heterocycles. The Bertz CT molecular complexity index is 911. The maximum atomic E-state index is 12.6. The van der Waals surface area contributed by atoms with Gasteiger partial charge in [-0.2, -0.15) is 4.31 Å². The number of nitrogens with zero attached hydrogens (tertiary/aromatic N) is 1. The molecular formula is C21H28N2O5S. The Labute approximate surface area is 172 Å². The highest BCUT2D eigenvalue weighted by atomic mass is 32.2. The predicted octanol–water partition coefficient (Wildman–Crippen LogP) is 2.67. The molecule has 0 aliphatic carbocycles. The Morgan fingerprint density at radius 1 is 1.10 bits per heavy atom. The minimum atomic E-state index is -3.65. The lowest BCUT2D eigenvalue weighted by Crippen LogP contribution is -2.33. The van der Waals surface area contributed by atoms with Crippen molar-refractivity contribution in [3.05, 3.63) is 59.7 Å². The van der Waals surface area contributed by atoms with Crippen LogP contribution in [0.2, 0.25) is 0 Å². The predicted molar refractivity (Wildman–Crippen MR) is 112 cm³/mol. The number of carbonyl (C=O) groups is 1. The van der Waals surface area contributed by atoms with E-state index in [1.54, 1.807) is 33.1 Å². The van der Waals surface area contributed by atoms with E-state index in [0.717, 1.165) is 11.3 Å². The third kappa shape index (κ3) is 6.28. The van der Waals surface area contributed by atoms with E-state index in [9.17, 15) is 13.2 Å². The number of methoxy groups -OCH3 is 1. The van der Waals surface area contributed by atoms with Crippen LogP contribution in [0.4, 0.5) is 0 Å². The molecule has 2 aromatic rings. The Morgan fingerprint density at radius 2 is 1.79 bits per heavy atom. The molecule has 0 saturated carbocycles. The molecular weight excluding hydrogens is 392 g/mol. The molecule has 0 unspecified atom stereocenters. The zero-order valence-electron chi connectivity index (χ0n) is 17.2. The van der Waals surface area contributed by atoms with E-state index >= 15 is 0 Å². The summed E-state index contributed by atoms with van der Waals surface area (Å²) in [5.41, 5.74) is 1.20. The van der Waals surface area contributed by atoms with Gasteiger partial charge in [0.1, 0.15) is 12.4 Å². The lowest BCUT2D eigenvalue weighted by molar-refractivity contribution is 0.0950. The molecule has 0 bridgehead atoms. The fourth-order valence-corrected chi connectivity index (χ4v) is 3.89. The van der Waals surface area contributed by atoms with Crippen LogP contribution in [0.5, 0.6) is 5.75 Å². The molecule has 2 aromatic carbocycles. The fraction of sp³-hybridized carbons (Fsp3) is 0.381. The van der Waals surface area contributed by atoms with Gasteiger partial charge in [-0.3, -0.25) is 4.79 Å². The SMILES string of the molecule is COCCOc1ccc(CNC(=O)c2cccc(S(=O)(=O)N(C)C(C)C)c2)cc1. The quantitative estimate of drug-likeness (QED) is 0.598. The first kappa shape index (κ1) is 22.9. The van der Waals surface area contributed by atoms with Crippen LogP contribution in [-0.2, 0) is 21.3 Å². The fourth-order valence-electron chi connectivity index (χ4n) is 2.47. The molecule has 2 rings (SSSR count). The van der Waals surface area contributed by atoms with Gasteiger partial charge in [0.05, 0.1) is 11.5 Å². The van der Waals surface area contributed by atoms with Crippen LogP contribution >= 0.6 is 0 Å². The van der Waals surface area contributed by atoms with Gasteiger partial charge in [0.15, 0.2) is 0 Å². The van der Waals surface area contributed by atoms with Crippen LogP contribution in [0.15, 0.2) is 53.4 Å². The Hall–Kier alpha value is -2.42. The largest absolute Gasteiger partial charge is 0.491 e. The summed E-state index contributed by atoms with van der Waals surface area (Å²) in [6.45, 7) is 4.89. The number of hydrogen-bond donors (Lipinski definition) is 1. The molecule has 0 aliphatic rings. The van der Waals surface area contributed by atoms with Crippen molar-refractivity contribution in [3.8, 4) is 5.75 Å². The molecule has 29 heavy (non-hydrogen) atoms. The van der Waals surface area contributed by atoms with Gasteiger partial charge >= 0.3 is 0 Å². The molecule has 1 N–H and O–H groups in total. The first-order valence-corrected chi connectivity index (χ1v) is 10.8. The van der Waals surface area contributed by atoms with Crippen LogP contribution in [-0.4, -0.2) is 52.0 Å². The number of amides is 1. The number of rotatable bonds is 10. The maximum Gasteiger partial charge on any atom is 0.251 e. The molecule has 0 heterocycles. The van der Waals surface area contributed by atoms with Crippen molar-refractivity contribution >= 4 is 15.9 Å². The van der Waals surface area contributed by atoms with Gasteiger partial charge in [-0.1, -0.05) is 18.2 Å². The highest BCUT2D eigenvalue weighted by Crippen LogP contribution is 2.18. The minimum absolute atomic E-state index is 0.0962. The highest BCUT2D eigenvalue weighted by Gasteiger charge is 2.23. The van der Waals surface area contributed by atoms with Gasteiger partial charge in [-0.15, -0.1) is 0 Å². The van der Waals surface area contributed by atoms with Crippen molar-refractivity contribution in [1.29, 1.82) is 0 Å². The molecule has 158 valence electrons. The van der Waals surface area contributed by atoms with Crippen molar-refractivity contribution in [2.24, 2.45) is 0 Å². The Balaban J connectivity index is 2.01. The van der Waals surface area contributed by atoms with Crippen LogP contribution in [0, 0.1) is 0 Å². The van der Waals surface area contributed by atoms with Gasteiger partial charge in [0.25, 0.3) is 5.91 Å². The molecule has 7 nitrogen and oxygen atoms in total. The molecule has 1 amide bonds. The van der Waals surface area contributed by atoms with Gasteiger partial charge in [0, 0.05) is 32.3 Å². The number of ether oxygens (including phenoxy) is 2. The van der Waals surface area contributed by atoms with Gasteiger partial charge in [0.2, 0.25) is 10.0 Å². The van der Waals surface area contributed by atoms with E-state index in [1.165, 1.54) is 23.5 Å².